The number of carbonyl (C=O) groups is 1. The lowest BCUT2D eigenvalue weighted by molar-refractivity contribution is -0.120. The van der Waals surface area contributed by atoms with E-state index in [4.69, 9.17) is 9.47 Å². The molecular formula is C25H28F2N2O4. The number of methoxy groups -OCH3 is 1. The number of ether oxygens (including phenoxy) is 3. The molecule has 2 heterocycles. The van der Waals surface area contributed by atoms with Crippen LogP contribution in [0.1, 0.15) is 42.5 Å². The molecule has 0 saturated heterocycles. The predicted molar refractivity (Wildman–Crippen MR) is 121 cm³/mol. The quantitative estimate of drug-likeness (QED) is 0.421. The van der Waals surface area contributed by atoms with E-state index < -0.39 is 6.61 Å². The molecule has 33 heavy (non-hydrogen) atoms. The number of nitrogens with zero attached hydrogens (tertiary/aromatic N) is 1. The smallest absolute Gasteiger partial charge is 0.387 e. The number of benzene rings is 2. The first kappa shape index (κ1) is 22.9. The molecule has 1 aliphatic heterocycles. The Kier molecular flexibility index (Phi) is 7.01. The summed E-state index contributed by atoms with van der Waals surface area (Å²) in [6, 6.07) is 8.86. The Bertz CT molecular complexity index is 1120. The number of H-pyrrole nitrogens is 1. The zero-order valence-electron chi connectivity index (χ0n) is 18.8. The number of amides is 1. The molecule has 0 bridgehead atoms. The van der Waals surface area contributed by atoms with Crippen molar-refractivity contribution in [3.63, 3.8) is 0 Å². The Morgan fingerprint density at radius 1 is 1.24 bits per heavy atom. The maximum absolute atomic E-state index is 12.6. The highest BCUT2D eigenvalue weighted by atomic mass is 19.3. The molecule has 0 saturated carbocycles. The summed E-state index contributed by atoms with van der Waals surface area (Å²) in [6.45, 7) is 0.243. The van der Waals surface area contributed by atoms with Crippen LogP contribution in [0.4, 0.5) is 8.78 Å². The van der Waals surface area contributed by atoms with E-state index in [9.17, 15) is 13.6 Å². The number of aromatic nitrogens is 1. The van der Waals surface area contributed by atoms with E-state index in [0.717, 1.165) is 54.1 Å². The summed E-state index contributed by atoms with van der Waals surface area (Å²) in [5, 5.41) is 0.868. The number of carbonyl (C=O) groups excluding carboxylic acids is 1. The molecule has 8 heteroatoms. The highest BCUT2D eigenvalue weighted by Crippen LogP contribution is 2.40. The van der Waals surface area contributed by atoms with E-state index in [1.54, 1.807) is 19.2 Å². The van der Waals surface area contributed by atoms with Gasteiger partial charge in [-0.3, -0.25) is 4.79 Å². The van der Waals surface area contributed by atoms with Crippen LogP contribution < -0.4 is 14.2 Å². The molecule has 0 fully saturated rings. The molecule has 0 unspecified atom stereocenters. The monoisotopic (exact) mass is 458 g/mol. The van der Waals surface area contributed by atoms with Gasteiger partial charge in [0, 0.05) is 23.6 Å². The van der Waals surface area contributed by atoms with E-state index in [1.807, 2.05) is 30.2 Å². The zero-order valence-corrected chi connectivity index (χ0v) is 18.8. The van der Waals surface area contributed by atoms with Crippen LogP contribution in [0.2, 0.25) is 0 Å². The normalized spacial score (nSPS) is 15.5. The van der Waals surface area contributed by atoms with Crippen LogP contribution in [0.25, 0.3) is 10.9 Å². The third kappa shape index (κ3) is 4.89. The number of hydrogen-bond acceptors (Lipinski definition) is 4. The average Bonchev–Trinajstić information content (AvgIpc) is 3.20. The first-order chi connectivity index (χ1) is 16.0. The molecule has 3 aromatic rings. The standard InChI is InChI=1S/C25H28F2N2O4/c1-3-32-24-13-20-16(11-23(24)31-2)9-10-29(15-30)22(20)6-4-5-17-14-28-21-8-7-18(12-19(17)21)33-25(26)27/h7-8,11-15,22,25,28H,3-6,9-10H2,1-2H3/t22-/m0/s1. The molecule has 2 aromatic carbocycles. The van der Waals surface area contributed by atoms with Gasteiger partial charge >= 0.3 is 6.61 Å². The molecule has 6 nitrogen and oxygen atoms in total. The van der Waals surface area contributed by atoms with Crippen molar-refractivity contribution in [2.45, 2.75) is 45.3 Å². The number of nitrogens with one attached hydrogen (secondary N) is 1. The average molecular weight is 459 g/mol. The molecule has 0 spiro atoms. The summed E-state index contributed by atoms with van der Waals surface area (Å²) in [5.41, 5.74) is 4.16. The van der Waals surface area contributed by atoms with Gasteiger partial charge < -0.3 is 24.1 Å². The topological polar surface area (TPSA) is 63.8 Å². The van der Waals surface area contributed by atoms with E-state index in [1.165, 1.54) is 11.6 Å². The SMILES string of the molecule is CCOc1cc2c(cc1OC)CCN(C=O)[C@H]2CCCc1c[nH]c2ccc(OC(F)F)cc12. The predicted octanol–water partition coefficient (Wildman–Crippen LogP) is 5.26. The van der Waals surface area contributed by atoms with Crippen molar-refractivity contribution >= 4 is 17.3 Å². The Morgan fingerprint density at radius 3 is 2.82 bits per heavy atom. The minimum absolute atomic E-state index is 0.0562. The summed E-state index contributed by atoms with van der Waals surface area (Å²) in [7, 11) is 1.63. The summed E-state index contributed by atoms with van der Waals surface area (Å²) in [6.07, 6.45) is 5.91. The fourth-order valence-corrected chi connectivity index (χ4v) is 4.63. The maximum atomic E-state index is 12.6. The van der Waals surface area contributed by atoms with Gasteiger partial charge in [-0.1, -0.05) is 0 Å². The van der Waals surface area contributed by atoms with Crippen molar-refractivity contribution in [3.05, 3.63) is 53.2 Å². The lowest BCUT2D eigenvalue weighted by Crippen LogP contribution is -2.34. The minimum atomic E-state index is -2.86. The van der Waals surface area contributed by atoms with E-state index in [-0.39, 0.29) is 11.8 Å². The molecule has 1 aromatic heterocycles. The van der Waals surface area contributed by atoms with Gasteiger partial charge in [0.25, 0.3) is 0 Å². The van der Waals surface area contributed by atoms with Crippen molar-refractivity contribution in [1.82, 2.24) is 9.88 Å². The van der Waals surface area contributed by atoms with Gasteiger partial charge in [0.15, 0.2) is 11.5 Å². The first-order valence-electron chi connectivity index (χ1n) is 11.1. The third-order valence-electron chi connectivity index (χ3n) is 6.15. The number of fused-ring (bicyclic) bond motifs is 2. The summed E-state index contributed by atoms with van der Waals surface area (Å²) in [4.78, 5) is 16.8. The second-order valence-electron chi connectivity index (χ2n) is 8.04. The van der Waals surface area contributed by atoms with E-state index in [2.05, 4.69) is 9.72 Å². The number of halogens is 2. The van der Waals surface area contributed by atoms with Crippen molar-refractivity contribution < 1.29 is 27.8 Å². The summed E-state index contributed by atoms with van der Waals surface area (Å²) in [5.74, 6) is 1.53. The van der Waals surface area contributed by atoms with Gasteiger partial charge in [-0.05, 0) is 79.6 Å². The van der Waals surface area contributed by atoms with Gasteiger partial charge in [0.05, 0.1) is 19.8 Å². The van der Waals surface area contributed by atoms with Crippen LogP contribution >= 0.6 is 0 Å². The fourth-order valence-electron chi connectivity index (χ4n) is 4.63. The maximum Gasteiger partial charge on any atom is 0.387 e. The zero-order chi connectivity index (χ0) is 23.4. The molecular weight excluding hydrogens is 430 g/mol. The lowest BCUT2D eigenvalue weighted by Gasteiger charge is -2.35. The lowest BCUT2D eigenvalue weighted by atomic mass is 9.89. The molecule has 4 rings (SSSR count). The Balaban J connectivity index is 1.53. The number of alkyl halides is 2. The Morgan fingerprint density at radius 2 is 2.09 bits per heavy atom. The van der Waals surface area contributed by atoms with Crippen molar-refractivity contribution in [2.24, 2.45) is 0 Å². The molecule has 0 aliphatic carbocycles. The van der Waals surface area contributed by atoms with Crippen LogP contribution in [-0.2, 0) is 17.6 Å². The summed E-state index contributed by atoms with van der Waals surface area (Å²) >= 11 is 0. The number of hydrogen-bond donors (Lipinski definition) is 1. The van der Waals surface area contributed by atoms with Gasteiger partial charge in [-0.25, -0.2) is 0 Å². The van der Waals surface area contributed by atoms with Gasteiger partial charge in [0.1, 0.15) is 5.75 Å². The number of rotatable bonds is 10. The molecule has 1 N–H and O–H groups in total. The second-order valence-corrected chi connectivity index (χ2v) is 8.04. The van der Waals surface area contributed by atoms with Gasteiger partial charge in [-0.2, -0.15) is 8.78 Å². The van der Waals surface area contributed by atoms with Crippen LogP contribution in [0, 0.1) is 0 Å². The van der Waals surface area contributed by atoms with E-state index >= 15 is 0 Å². The summed E-state index contributed by atoms with van der Waals surface area (Å²) < 4.78 is 41.0. The molecule has 0 radical (unpaired) electrons. The molecule has 1 aliphatic rings. The molecule has 1 amide bonds. The van der Waals surface area contributed by atoms with Crippen LogP contribution in [0.5, 0.6) is 17.2 Å². The van der Waals surface area contributed by atoms with Crippen LogP contribution in [-0.4, -0.2) is 43.2 Å². The Labute approximate surface area is 191 Å². The first-order valence-corrected chi connectivity index (χ1v) is 11.1. The molecule has 176 valence electrons. The second kappa shape index (κ2) is 10.1. The number of aryl methyl sites for hydroxylation is 1. The highest BCUT2D eigenvalue weighted by molar-refractivity contribution is 5.84. The minimum Gasteiger partial charge on any atom is -0.493 e. The van der Waals surface area contributed by atoms with Gasteiger partial charge in [-0.15, -0.1) is 0 Å². The van der Waals surface area contributed by atoms with Crippen molar-refractivity contribution in [1.29, 1.82) is 0 Å². The van der Waals surface area contributed by atoms with Gasteiger partial charge in [0.2, 0.25) is 6.41 Å². The third-order valence-corrected chi connectivity index (χ3v) is 6.15. The molecule has 1 atom stereocenters. The largest absolute Gasteiger partial charge is 0.493 e. The van der Waals surface area contributed by atoms with E-state index in [0.29, 0.717) is 24.7 Å². The van der Waals surface area contributed by atoms with Crippen molar-refractivity contribution in [2.75, 3.05) is 20.3 Å². The van der Waals surface area contributed by atoms with Crippen molar-refractivity contribution in [3.8, 4) is 17.2 Å². The number of aromatic amines is 1. The van der Waals surface area contributed by atoms with Crippen LogP contribution in [0.3, 0.4) is 0 Å². The van der Waals surface area contributed by atoms with Crippen LogP contribution in [0.15, 0.2) is 36.5 Å². The highest BCUT2D eigenvalue weighted by Gasteiger charge is 2.28. The Hall–Kier alpha value is -3.29. The fraction of sp³-hybridized carbons (Fsp3) is 0.400.